The van der Waals surface area contributed by atoms with Crippen LogP contribution < -0.4 is 5.32 Å². The lowest BCUT2D eigenvalue weighted by molar-refractivity contribution is -0.150. The van der Waals surface area contributed by atoms with Crippen molar-refractivity contribution in [3.8, 4) is 0 Å². The van der Waals surface area contributed by atoms with E-state index >= 15 is 0 Å². The third-order valence-corrected chi connectivity index (χ3v) is 4.45. The van der Waals surface area contributed by atoms with Crippen molar-refractivity contribution in [2.75, 3.05) is 32.8 Å². The highest BCUT2D eigenvalue weighted by Crippen LogP contribution is 2.29. The fourth-order valence-electron chi connectivity index (χ4n) is 3.49. The number of rotatable bonds is 4. The molecular weight excluding hydrogens is 240 g/mol. The Morgan fingerprint density at radius 1 is 1.42 bits per heavy atom. The number of hydrogen-bond donors (Lipinski definition) is 1. The zero-order valence-corrected chi connectivity index (χ0v) is 12.4. The second-order valence-corrected chi connectivity index (χ2v) is 6.10. The van der Waals surface area contributed by atoms with Crippen molar-refractivity contribution in [3.63, 3.8) is 0 Å². The topological polar surface area (TPSA) is 41.6 Å². The van der Waals surface area contributed by atoms with Gasteiger partial charge >= 0.3 is 5.97 Å². The lowest BCUT2D eigenvalue weighted by Gasteiger charge is -2.38. The first kappa shape index (κ1) is 14.8. The fraction of sp³-hybridized carbons (Fsp3) is 0.933. The van der Waals surface area contributed by atoms with E-state index in [4.69, 9.17) is 4.74 Å². The van der Waals surface area contributed by atoms with Gasteiger partial charge < -0.3 is 10.1 Å². The molecule has 2 fully saturated rings. The van der Waals surface area contributed by atoms with Crippen molar-refractivity contribution < 1.29 is 9.53 Å². The van der Waals surface area contributed by atoms with E-state index in [1.807, 2.05) is 6.92 Å². The molecule has 3 atom stereocenters. The molecule has 1 heterocycles. The molecule has 0 bridgehead atoms. The van der Waals surface area contributed by atoms with E-state index < -0.39 is 0 Å². The lowest BCUT2D eigenvalue weighted by atomic mass is 9.82. The molecule has 0 aromatic heterocycles. The molecule has 1 N–H and O–H groups in total. The molecule has 1 saturated carbocycles. The predicted molar refractivity (Wildman–Crippen MR) is 76.0 cm³/mol. The minimum absolute atomic E-state index is 0.0569. The van der Waals surface area contributed by atoms with Gasteiger partial charge in [-0.25, -0.2) is 0 Å². The van der Waals surface area contributed by atoms with Crippen molar-refractivity contribution in [2.45, 2.75) is 45.6 Å². The van der Waals surface area contributed by atoms with Crippen LogP contribution in [0.5, 0.6) is 0 Å². The van der Waals surface area contributed by atoms with Gasteiger partial charge in [0.05, 0.1) is 6.61 Å². The van der Waals surface area contributed by atoms with Gasteiger partial charge in [-0.15, -0.1) is 0 Å². The summed E-state index contributed by atoms with van der Waals surface area (Å²) in [5.41, 5.74) is 0. The lowest BCUT2D eigenvalue weighted by Crippen LogP contribution is -2.56. The molecule has 0 spiro atoms. The predicted octanol–water partition coefficient (Wildman–Crippen LogP) is 1.65. The van der Waals surface area contributed by atoms with Crippen LogP contribution in [0.2, 0.25) is 0 Å². The summed E-state index contributed by atoms with van der Waals surface area (Å²) in [7, 11) is 0. The number of carbonyl (C=O) groups excluding carboxylic acids is 1. The van der Waals surface area contributed by atoms with E-state index in [1.54, 1.807) is 0 Å². The standard InChI is InChI=1S/C15H28N2O2/c1-3-19-15(18)14-10-16-7-8-17(14)11-13-6-4-5-12(2)9-13/h12-14,16H,3-11H2,1-2H3. The van der Waals surface area contributed by atoms with E-state index in [-0.39, 0.29) is 12.0 Å². The van der Waals surface area contributed by atoms with Crippen LogP contribution in [0.25, 0.3) is 0 Å². The van der Waals surface area contributed by atoms with E-state index in [9.17, 15) is 4.79 Å². The van der Waals surface area contributed by atoms with E-state index in [0.717, 1.165) is 38.0 Å². The number of ether oxygens (including phenoxy) is 1. The van der Waals surface area contributed by atoms with Gasteiger partial charge in [0.15, 0.2) is 0 Å². The summed E-state index contributed by atoms with van der Waals surface area (Å²) >= 11 is 0. The quantitative estimate of drug-likeness (QED) is 0.787. The summed E-state index contributed by atoms with van der Waals surface area (Å²) in [6, 6.07) is -0.0778. The van der Waals surface area contributed by atoms with Crippen LogP contribution in [0.4, 0.5) is 0 Å². The summed E-state index contributed by atoms with van der Waals surface area (Å²) in [5, 5.41) is 3.31. The van der Waals surface area contributed by atoms with E-state index in [1.165, 1.54) is 25.7 Å². The van der Waals surface area contributed by atoms with Gasteiger partial charge in [0.25, 0.3) is 0 Å². The smallest absolute Gasteiger partial charge is 0.324 e. The van der Waals surface area contributed by atoms with Crippen LogP contribution in [0, 0.1) is 11.8 Å². The summed E-state index contributed by atoms with van der Waals surface area (Å²) in [6.45, 7) is 8.46. The number of piperazine rings is 1. The number of hydrogen-bond acceptors (Lipinski definition) is 4. The second-order valence-electron chi connectivity index (χ2n) is 6.10. The first-order chi connectivity index (χ1) is 9.20. The van der Waals surface area contributed by atoms with Crippen LogP contribution in [-0.4, -0.2) is 49.7 Å². The molecule has 4 nitrogen and oxygen atoms in total. The van der Waals surface area contributed by atoms with Crippen LogP contribution >= 0.6 is 0 Å². The minimum atomic E-state index is -0.0778. The molecule has 2 aliphatic rings. The molecule has 0 aromatic rings. The first-order valence-electron chi connectivity index (χ1n) is 7.82. The SMILES string of the molecule is CCOC(=O)C1CNCCN1CC1CCCC(C)C1. The van der Waals surface area contributed by atoms with Gasteiger partial charge in [0.1, 0.15) is 6.04 Å². The fourth-order valence-corrected chi connectivity index (χ4v) is 3.49. The molecule has 0 aromatic carbocycles. The molecule has 1 aliphatic carbocycles. The zero-order valence-electron chi connectivity index (χ0n) is 12.4. The molecular formula is C15H28N2O2. The highest BCUT2D eigenvalue weighted by Gasteiger charge is 2.32. The second kappa shape index (κ2) is 7.25. The Morgan fingerprint density at radius 2 is 2.26 bits per heavy atom. The minimum Gasteiger partial charge on any atom is -0.465 e. The van der Waals surface area contributed by atoms with Crippen LogP contribution in [0.3, 0.4) is 0 Å². The summed E-state index contributed by atoms with van der Waals surface area (Å²) in [4.78, 5) is 14.4. The molecule has 0 amide bonds. The first-order valence-corrected chi connectivity index (χ1v) is 7.82. The Hall–Kier alpha value is -0.610. The van der Waals surface area contributed by atoms with Crippen molar-refractivity contribution in [2.24, 2.45) is 11.8 Å². The Balaban J connectivity index is 1.89. The van der Waals surface area contributed by atoms with Gasteiger partial charge in [-0.1, -0.05) is 19.8 Å². The van der Waals surface area contributed by atoms with Crippen molar-refractivity contribution in [1.82, 2.24) is 10.2 Å². The maximum atomic E-state index is 12.0. The van der Waals surface area contributed by atoms with Gasteiger partial charge in [0, 0.05) is 26.2 Å². The highest BCUT2D eigenvalue weighted by atomic mass is 16.5. The Morgan fingerprint density at radius 3 is 3.00 bits per heavy atom. The summed E-state index contributed by atoms with van der Waals surface area (Å²) in [6.07, 6.45) is 5.37. The number of nitrogens with one attached hydrogen (secondary N) is 1. The third kappa shape index (κ3) is 4.18. The third-order valence-electron chi connectivity index (χ3n) is 4.45. The van der Waals surface area contributed by atoms with Crippen LogP contribution in [0.15, 0.2) is 0 Å². The van der Waals surface area contributed by atoms with Crippen LogP contribution in [-0.2, 0) is 9.53 Å². The van der Waals surface area contributed by atoms with Gasteiger partial charge in [0.2, 0.25) is 0 Å². The monoisotopic (exact) mass is 268 g/mol. The molecule has 1 aliphatic heterocycles. The summed E-state index contributed by atoms with van der Waals surface area (Å²) < 4.78 is 5.20. The summed E-state index contributed by atoms with van der Waals surface area (Å²) in [5.74, 6) is 1.56. The van der Waals surface area contributed by atoms with E-state index in [0.29, 0.717) is 6.61 Å². The number of carbonyl (C=O) groups is 1. The average Bonchev–Trinajstić information content (AvgIpc) is 2.39. The molecule has 0 radical (unpaired) electrons. The van der Waals surface area contributed by atoms with Crippen LogP contribution in [0.1, 0.15) is 39.5 Å². The average molecular weight is 268 g/mol. The molecule has 3 unspecified atom stereocenters. The Labute approximate surface area is 116 Å². The van der Waals surface area contributed by atoms with Gasteiger partial charge in [-0.05, 0) is 31.6 Å². The van der Waals surface area contributed by atoms with Crippen molar-refractivity contribution in [3.05, 3.63) is 0 Å². The molecule has 1 saturated heterocycles. The highest BCUT2D eigenvalue weighted by molar-refractivity contribution is 5.76. The maximum Gasteiger partial charge on any atom is 0.324 e. The molecule has 4 heteroatoms. The normalized spacial score (nSPS) is 33.1. The van der Waals surface area contributed by atoms with Gasteiger partial charge in [-0.2, -0.15) is 0 Å². The Kier molecular flexibility index (Phi) is 5.64. The molecule has 2 rings (SSSR count). The van der Waals surface area contributed by atoms with Crippen molar-refractivity contribution in [1.29, 1.82) is 0 Å². The molecule has 19 heavy (non-hydrogen) atoms. The molecule has 110 valence electrons. The van der Waals surface area contributed by atoms with Gasteiger partial charge in [-0.3, -0.25) is 9.69 Å². The maximum absolute atomic E-state index is 12.0. The van der Waals surface area contributed by atoms with E-state index in [2.05, 4.69) is 17.1 Å². The largest absolute Gasteiger partial charge is 0.465 e. The van der Waals surface area contributed by atoms with Crippen molar-refractivity contribution >= 4 is 5.97 Å². The number of nitrogens with zero attached hydrogens (tertiary/aromatic N) is 1. The Bertz CT molecular complexity index is 296. The zero-order chi connectivity index (χ0) is 13.7. The number of esters is 1.